The average Bonchev–Trinajstić information content (AvgIpc) is 3.16. The number of aliphatic hydroxyl groups is 1. The van der Waals surface area contributed by atoms with Crippen molar-refractivity contribution in [2.45, 2.75) is 26.4 Å². The predicted octanol–water partition coefficient (Wildman–Crippen LogP) is 1.42. The Bertz CT molecular complexity index is 680. The van der Waals surface area contributed by atoms with Crippen LogP contribution in [0.15, 0.2) is 30.5 Å². The molecule has 1 aromatic heterocycles. The Morgan fingerprint density at radius 1 is 1.45 bits per heavy atom. The summed E-state index contributed by atoms with van der Waals surface area (Å²) < 4.78 is 1.61. The fraction of sp³-hybridized carbons (Fsp3) is 0.438. The average molecular weight is 300 g/mol. The molecule has 1 aliphatic rings. The molecule has 1 aromatic carbocycles. The number of amides is 1. The van der Waals surface area contributed by atoms with Gasteiger partial charge in [-0.25, -0.2) is 4.68 Å². The van der Waals surface area contributed by atoms with Gasteiger partial charge in [-0.05, 0) is 38.0 Å². The van der Waals surface area contributed by atoms with Gasteiger partial charge < -0.3 is 10.0 Å². The van der Waals surface area contributed by atoms with Crippen LogP contribution < -0.4 is 0 Å². The van der Waals surface area contributed by atoms with Gasteiger partial charge in [0.05, 0.1) is 18.0 Å². The largest absolute Gasteiger partial charge is 0.393 e. The molecule has 1 saturated heterocycles. The van der Waals surface area contributed by atoms with Crippen molar-refractivity contribution in [3.05, 3.63) is 41.7 Å². The minimum Gasteiger partial charge on any atom is -0.393 e. The van der Waals surface area contributed by atoms with E-state index in [2.05, 4.69) is 10.3 Å². The Kier molecular flexibility index (Phi) is 3.94. The molecule has 0 aliphatic carbocycles. The molecule has 6 nitrogen and oxygen atoms in total. The summed E-state index contributed by atoms with van der Waals surface area (Å²) in [6.07, 6.45) is 2.10. The van der Waals surface area contributed by atoms with Gasteiger partial charge in [0.1, 0.15) is 0 Å². The quantitative estimate of drug-likeness (QED) is 0.930. The number of aliphatic hydroxyl groups excluding tert-OH is 1. The molecule has 1 fully saturated rings. The van der Waals surface area contributed by atoms with Crippen LogP contribution in [0.5, 0.6) is 0 Å². The lowest BCUT2D eigenvalue weighted by Crippen LogP contribution is -2.30. The summed E-state index contributed by atoms with van der Waals surface area (Å²) in [5, 5.41) is 17.7. The van der Waals surface area contributed by atoms with E-state index < -0.39 is 0 Å². The third kappa shape index (κ3) is 2.87. The number of hydrogen-bond acceptors (Lipinski definition) is 4. The third-order valence-corrected chi connectivity index (χ3v) is 4.17. The van der Waals surface area contributed by atoms with Crippen molar-refractivity contribution in [1.29, 1.82) is 0 Å². The van der Waals surface area contributed by atoms with Crippen molar-refractivity contribution in [1.82, 2.24) is 19.9 Å². The molecule has 0 saturated carbocycles. The van der Waals surface area contributed by atoms with Crippen LogP contribution in [-0.2, 0) is 0 Å². The molecule has 1 N–H and O–H groups in total. The molecule has 1 aliphatic heterocycles. The number of likely N-dealkylation sites (tertiary alicyclic amines) is 1. The van der Waals surface area contributed by atoms with E-state index in [-0.39, 0.29) is 17.9 Å². The molecule has 3 rings (SSSR count). The van der Waals surface area contributed by atoms with E-state index in [0.717, 1.165) is 17.7 Å². The summed E-state index contributed by atoms with van der Waals surface area (Å²) in [7, 11) is 0. The summed E-state index contributed by atoms with van der Waals surface area (Å²) in [5.41, 5.74) is 2.35. The smallest absolute Gasteiger partial charge is 0.276 e. The van der Waals surface area contributed by atoms with Gasteiger partial charge in [-0.2, -0.15) is 0 Å². The van der Waals surface area contributed by atoms with Gasteiger partial charge >= 0.3 is 0 Å². The van der Waals surface area contributed by atoms with Gasteiger partial charge in [0.15, 0.2) is 5.69 Å². The Hall–Kier alpha value is -2.21. The van der Waals surface area contributed by atoms with Gasteiger partial charge in [0.2, 0.25) is 0 Å². The van der Waals surface area contributed by atoms with Gasteiger partial charge in [-0.1, -0.05) is 17.3 Å². The number of rotatable bonds is 3. The number of nitrogens with zero attached hydrogens (tertiary/aromatic N) is 4. The topological polar surface area (TPSA) is 71.2 Å². The molecule has 22 heavy (non-hydrogen) atoms. The van der Waals surface area contributed by atoms with Crippen LogP contribution in [-0.4, -0.2) is 50.1 Å². The maximum absolute atomic E-state index is 12.5. The number of carbonyl (C=O) groups excluding carboxylic acids is 1. The maximum Gasteiger partial charge on any atom is 0.276 e. The highest BCUT2D eigenvalue weighted by Gasteiger charge is 2.30. The van der Waals surface area contributed by atoms with E-state index in [1.807, 2.05) is 31.2 Å². The van der Waals surface area contributed by atoms with E-state index in [0.29, 0.717) is 18.8 Å². The number of benzene rings is 1. The monoisotopic (exact) mass is 300 g/mol. The molecule has 2 unspecified atom stereocenters. The summed E-state index contributed by atoms with van der Waals surface area (Å²) in [5.74, 6) is 0.0258. The first-order valence-electron chi connectivity index (χ1n) is 7.51. The summed E-state index contributed by atoms with van der Waals surface area (Å²) in [6.45, 7) is 5.01. The highest BCUT2D eigenvalue weighted by molar-refractivity contribution is 5.92. The van der Waals surface area contributed by atoms with Crippen LogP contribution in [0.4, 0.5) is 0 Å². The van der Waals surface area contributed by atoms with Crippen LogP contribution in [0, 0.1) is 12.8 Å². The van der Waals surface area contributed by atoms with E-state index >= 15 is 0 Å². The highest BCUT2D eigenvalue weighted by atomic mass is 16.3. The second kappa shape index (κ2) is 5.88. The zero-order valence-electron chi connectivity index (χ0n) is 12.8. The van der Waals surface area contributed by atoms with Crippen molar-refractivity contribution >= 4 is 5.91 Å². The normalized spacial score (nSPS) is 19.4. The molecule has 2 heterocycles. The Balaban J connectivity index is 1.75. The zero-order valence-corrected chi connectivity index (χ0v) is 12.8. The van der Waals surface area contributed by atoms with E-state index in [9.17, 15) is 9.90 Å². The van der Waals surface area contributed by atoms with Crippen molar-refractivity contribution in [3.63, 3.8) is 0 Å². The maximum atomic E-state index is 12.5. The molecule has 0 radical (unpaired) electrons. The first-order chi connectivity index (χ1) is 10.5. The summed E-state index contributed by atoms with van der Waals surface area (Å²) in [4.78, 5) is 14.2. The lowest BCUT2D eigenvalue weighted by Gasteiger charge is -2.16. The van der Waals surface area contributed by atoms with Crippen LogP contribution in [0.3, 0.4) is 0 Å². The SMILES string of the molecule is Cc1cccc(-n2cc(C(=O)N3CCC(C(C)O)C3)nn2)c1. The zero-order chi connectivity index (χ0) is 15.7. The highest BCUT2D eigenvalue weighted by Crippen LogP contribution is 2.21. The first kappa shape index (κ1) is 14.7. The predicted molar refractivity (Wildman–Crippen MR) is 81.8 cm³/mol. The van der Waals surface area contributed by atoms with Gasteiger partial charge in [0.25, 0.3) is 5.91 Å². The van der Waals surface area contributed by atoms with Gasteiger partial charge in [0, 0.05) is 19.0 Å². The molecular formula is C16H20N4O2. The van der Waals surface area contributed by atoms with Crippen molar-refractivity contribution in [2.24, 2.45) is 5.92 Å². The molecular weight excluding hydrogens is 280 g/mol. The van der Waals surface area contributed by atoms with Gasteiger partial charge in [-0.3, -0.25) is 4.79 Å². The third-order valence-electron chi connectivity index (χ3n) is 4.17. The number of aryl methyl sites for hydroxylation is 1. The van der Waals surface area contributed by atoms with E-state index in [4.69, 9.17) is 0 Å². The molecule has 0 bridgehead atoms. The standard InChI is InChI=1S/C16H20N4O2/c1-11-4-3-5-14(8-11)20-10-15(17-18-20)16(22)19-7-6-13(9-19)12(2)21/h3-5,8,10,12-13,21H,6-7,9H2,1-2H3. The van der Waals surface area contributed by atoms with Gasteiger partial charge in [-0.15, -0.1) is 5.10 Å². The molecule has 1 amide bonds. The molecule has 2 atom stereocenters. The second-order valence-electron chi connectivity index (χ2n) is 5.93. The van der Waals surface area contributed by atoms with Crippen molar-refractivity contribution in [2.75, 3.05) is 13.1 Å². The second-order valence-corrected chi connectivity index (χ2v) is 5.93. The molecule has 116 valence electrons. The minimum absolute atomic E-state index is 0.123. The summed E-state index contributed by atoms with van der Waals surface area (Å²) in [6, 6.07) is 7.87. The van der Waals surface area contributed by atoms with Crippen LogP contribution in [0.1, 0.15) is 29.4 Å². The van der Waals surface area contributed by atoms with Crippen molar-refractivity contribution < 1.29 is 9.90 Å². The summed E-state index contributed by atoms with van der Waals surface area (Å²) >= 11 is 0. The van der Waals surface area contributed by atoms with Crippen molar-refractivity contribution in [3.8, 4) is 5.69 Å². The molecule has 0 spiro atoms. The first-order valence-corrected chi connectivity index (χ1v) is 7.51. The number of carbonyl (C=O) groups is 1. The fourth-order valence-electron chi connectivity index (χ4n) is 2.79. The van der Waals surface area contributed by atoms with Crippen LogP contribution in [0.25, 0.3) is 5.69 Å². The number of aromatic nitrogens is 3. The minimum atomic E-state index is -0.388. The fourth-order valence-corrected chi connectivity index (χ4v) is 2.79. The molecule has 2 aromatic rings. The number of hydrogen-bond donors (Lipinski definition) is 1. The molecule has 6 heteroatoms. The van der Waals surface area contributed by atoms with E-state index in [1.54, 1.807) is 22.7 Å². The Morgan fingerprint density at radius 2 is 2.27 bits per heavy atom. The van der Waals surface area contributed by atoms with Crippen LogP contribution in [0.2, 0.25) is 0 Å². The van der Waals surface area contributed by atoms with E-state index in [1.165, 1.54) is 0 Å². The Labute approximate surface area is 129 Å². The lowest BCUT2D eigenvalue weighted by molar-refractivity contribution is 0.0756. The Morgan fingerprint density at radius 3 is 2.95 bits per heavy atom. The lowest BCUT2D eigenvalue weighted by atomic mass is 10.0. The van der Waals surface area contributed by atoms with Crippen LogP contribution >= 0.6 is 0 Å².